The normalized spacial score (nSPS) is 21.9. The van der Waals surface area contributed by atoms with Crippen LogP contribution < -0.4 is 11.1 Å². The van der Waals surface area contributed by atoms with Crippen LogP contribution in [0.4, 0.5) is 5.82 Å². The molecule has 4 heteroatoms. The molecule has 0 amide bonds. The van der Waals surface area contributed by atoms with E-state index in [1.165, 1.54) is 36.9 Å². The molecule has 1 aliphatic heterocycles. The maximum atomic E-state index is 5.96. The van der Waals surface area contributed by atoms with Gasteiger partial charge in [-0.2, -0.15) is 5.10 Å². The lowest BCUT2D eigenvalue weighted by molar-refractivity contribution is 0.442. The molecule has 82 valence electrons. The number of nitrogens with zero attached hydrogens (tertiary/aromatic N) is 2. The first-order chi connectivity index (χ1) is 7.36. The molecule has 0 aromatic carbocycles. The molecular formula is C11H18N4. The van der Waals surface area contributed by atoms with Crippen LogP contribution in [0.1, 0.15) is 43.0 Å². The summed E-state index contributed by atoms with van der Waals surface area (Å²) in [6.07, 6.45) is 6.33. The molecule has 1 fully saturated rings. The second-order valence-electron chi connectivity index (χ2n) is 4.62. The summed E-state index contributed by atoms with van der Waals surface area (Å²) in [7, 11) is 0. The second kappa shape index (κ2) is 3.52. The Hall–Kier alpha value is -1.03. The van der Waals surface area contributed by atoms with Crippen LogP contribution in [0.2, 0.25) is 0 Å². The van der Waals surface area contributed by atoms with Crippen molar-refractivity contribution >= 4 is 5.82 Å². The highest BCUT2D eigenvalue weighted by atomic mass is 15.3. The van der Waals surface area contributed by atoms with Crippen LogP contribution in [0, 0.1) is 0 Å². The molecule has 0 atom stereocenters. The summed E-state index contributed by atoms with van der Waals surface area (Å²) >= 11 is 0. The van der Waals surface area contributed by atoms with Crippen LogP contribution in [0.15, 0.2) is 0 Å². The topological polar surface area (TPSA) is 55.9 Å². The zero-order valence-electron chi connectivity index (χ0n) is 9.00. The van der Waals surface area contributed by atoms with E-state index in [9.17, 15) is 0 Å². The van der Waals surface area contributed by atoms with Gasteiger partial charge in [-0.25, -0.2) is 0 Å². The summed E-state index contributed by atoms with van der Waals surface area (Å²) in [4.78, 5) is 0. The van der Waals surface area contributed by atoms with Gasteiger partial charge in [0.15, 0.2) is 0 Å². The van der Waals surface area contributed by atoms with Crippen LogP contribution in [0.25, 0.3) is 0 Å². The molecule has 2 aliphatic rings. The Morgan fingerprint density at radius 3 is 2.93 bits per heavy atom. The maximum absolute atomic E-state index is 5.96. The van der Waals surface area contributed by atoms with E-state index in [2.05, 4.69) is 15.1 Å². The summed E-state index contributed by atoms with van der Waals surface area (Å²) in [5, 5.41) is 7.88. The van der Waals surface area contributed by atoms with Crippen molar-refractivity contribution in [2.75, 3.05) is 12.3 Å². The van der Waals surface area contributed by atoms with E-state index in [1.54, 1.807) is 0 Å². The lowest BCUT2D eigenvalue weighted by Gasteiger charge is -2.18. The molecule has 0 unspecified atom stereocenters. The van der Waals surface area contributed by atoms with Gasteiger partial charge >= 0.3 is 0 Å². The summed E-state index contributed by atoms with van der Waals surface area (Å²) in [6.45, 7) is 1.96. The van der Waals surface area contributed by atoms with Crippen LogP contribution in [0.3, 0.4) is 0 Å². The third-order valence-electron chi connectivity index (χ3n) is 3.66. The quantitative estimate of drug-likeness (QED) is 0.726. The van der Waals surface area contributed by atoms with Crippen molar-refractivity contribution in [3.05, 3.63) is 11.3 Å². The third kappa shape index (κ3) is 1.44. The van der Waals surface area contributed by atoms with E-state index in [0.29, 0.717) is 6.04 Å². The fraction of sp³-hybridized carbons (Fsp3) is 0.727. The Morgan fingerprint density at radius 1 is 1.33 bits per heavy atom. The Labute approximate surface area is 89.8 Å². The zero-order chi connectivity index (χ0) is 10.3. The van der Waals surface area contributed by atoms with Gasteiger partial charge in [-0.3, -0.25) is 4.68 Å². The van der Waals surface area contributed by atoms with E-state index in [-0.39, 0.29) is 0 Å². The molecule has 15 heavy (non-hydrogen) atoms. The highest BCUT2D eigenvalue weighted by Crippen LogP contribution is 2.33. The van der Waals surface area contributed by atoms with Crippen molar-refractivity contribution in [2.45, 2.75) is 44.7 Å². The summed E-state index contributed by atoms with van der Waals surface area (Å²) in [5.74, 6) is 0.740. The Balaban J connectivity index is 1.99. The summed E-state index contributed by atoms with van der Waals surface area (Å²) in [5.41, 5.74) is 8.59. The number of anilines is 1. The average molecular weight is 206 g/mol. The van der Waals surface area contributed by atoms with Gasteiger partial charge in [-0.1, -0.05) is 12.8 Å². The van der Waals surface area contributed by atoms with Crippen LogP contribution >= 0.6 is 0 Å². The molecular weight excluding hydrogens is 188 g/mol. The van der Waals surface area contributed by atoms with E-state index in [1.807, 2.05) is 0 Å². The fourth-order valence-corrected chi connectivity index (χ4v) is 2.85. The third-order valence-corrected chi connectivity index (χ3v) is 3.66. The first-order valence-electron chi connectivity index (χ1n) is 5.92. The molecule has 4 nitrogen and oxygen atoms in total. The van der Waals surface area contributed by atoms with Crippen molar-refractivity contribution in [1.29, 1.82) is 0 Å². The molecule has 0 bridgehead atoms. The van der Waals surface area contributed by atoms with Gasteiger partial charge < -0.3 is 11.1 Å². The fourth-order valence-electron chi connectivity index (χ4n) is 2.85. The number of rotatable bonds is 1. The van der Waals surface area contributed by atoms with Gasteiger partial charge in [0.2, 0.25) is 0 Å². The monoisotopic (exact) mass is 206 g/mol. The number of fused-ring (bicyclic) bond motifs is 1. The minimum absolute atomic E-state index is 0.620. The van der Waals surface area contributed by atoms with Crippen LogP contribution in [-0.2, 0) is 13.0 Å². The molecule has 1 aromatic rings. The smallest absolute Gasteiger partial charge is 0.150 e. The predicted molar refractivity (Wildman–Crippen MR) is 59.6 cm³/mol. The lowest BCUT2D eigenvalue weighted by atomic mass is 10.1. The Morgan fingerprint density at radius 2 is 2.13 bits per heavy atom. The highest BCUT2D eigenvalue weighted by Gasteiger charge is 2.25. The minimum atomic E-state index is 0.620. The summed E-state index contributed by atoms with van der Waals surface area (Å²) in [6, 6.07) is 0.620. The predicted octanol–water partition coefficient (Wildman–Crippen LogP) is 1.23. The molecule has 3 N–H and O–H groups in total. The van der Waals surface area contributed by atoms with Crippen molar-refractivity contribution in [3.8, 4) is 0 Å². The second-order valence-corrected chi connectivity index (χ2v) is 4.62. The largest absolute Gasteiger partial charge is 0.382 e. The number of aromatic nitrogens is 2. The molecule has 0 radical (unpaired) electrons. The van der Waals surface area contributed by atoms with Crippen LogP contribution in [0.5, 0.6) is 0 Å². The lowest BCUT2D eigenvalue weighted by Crippen LogP contribution is -2.25. The van der Waals surface area contributed by atoms with Gasteiger partial charge in [-0.05, 0) is 12.8 Å². The molecule has 1 aromatic heterocycles. The van der Waals surface area contributed by atoms with E-state index in [4.69, 9.17) is 5.73 Å². The van der Waals surface area contributed by atoms with Crippen molar-refractivity contribution in [2.24, 2.45) is 0 Å². The molecule has 0 spiro atoms. The number of nitrogens with one attached hydrogen (secondary N) is 1. The number of nitrogen functional groups attached to an aromatic ring is 1. The Bertz CT molecular complexity index is 363. The van der Waals surface area contributed by atoms with Gasteiger partial charge in [-0.15, -0.1) is 0 Å². The summed E-state index contributed by atoms with van der Waals surface area (Å²) < 4.78 is 2.22. The maximum Gasteiger partial charge on any atom is 0.150 e. The zero-order valence-corrected chi connectivity index (χ0v) is 9.00. The first-order valence-corrected chi connectivity index (χ1v) is 5.92. The number of hydrogen-bond acceptors (Lipinski definition) is 3. The van der Waals surface area contributed by atoms with Gasteiger partial charge in [0.05, 0.1) is 6.04 Å². The minimum Gasteiger partial charge on any atom is -0.382 e. The molecule has 2 heterocycles. The highest BCUT2D eigenvalue weighted by molar-refractivity contribution is 5.44. The number of hydrogen-bond donors (Lipinski definition) is 2. The van der Waals surface area contributed by atoms with Crippen molar-refractivity contribution in [1.82, 2.24) is 15.1 Å². The molecule has 0 saturated heterocycles. The van der Waals surface area contributed by atoms with Gasteiger partial charge in [0.25, 0.3) is 0 Å². The Kier molecular flexibility index (Phi) is 2.16. The molecule has 3 rings (SSSR count). The average Bonchev–Trinajstić information content (AvgIpc) is 2.87. The van der Waals surface area contributed by atoms with E-state index >= 15 is 0 Å². The molecule has 1 saturated carbocycles. The standard InChI is InChI=1S/C11H18N4/c12-11-9-7-13-6-5-10(9)15(14-11)8-3-1-2-4-8/h8,13H,1-7H2,(H2,12,14). The van der Waals surface area contributed by atoms with Crippen molar-refractivity contribution in [3.63, 3.8) is 0 Å². The van der Waals surface area contributed by atoms with Crippen LogP contribution in [-0.4, -0.2) is 16.3 Å². The van der Waals surface area contributed by atoms with Gasteiger partial charge in [0.1, 0.15) is 5.82 Å². The van der Waals surface area contributed by atoms with E-state index < -0.39 is 0 Å². The van der Waals surface area contributed by atoms with Gasteiger partial charge in [0, 0.05) is 30.8 Å². The van der Waals surface area contributed by atoms with E-state index in [0.717, 1.165) is 25.3 Å². The SMILES string of the molecule is Nc1nn(C2CCCC2)c2c1CNCC2. The number of nitrogens with two attached hydrogens (primary N) is 1. The molecule has 1 aliphatic carbocycles. The van der Waals surface area contributed by atoms with Crippen molar-refractivity contribution < 1.29 is 0 Å². The first kappa shape index (κ1) is 9.21.